The van der Waals surface area contributed by atoms with E-state index < -0.39 is 0 Å². The molecular formula is C12H18N2OS. The Bertz CT molecular complexity index is 356. The SMILES string of the molecule is Cc1ccsc1CC(=O)NCC1CCNC1. The molecule has 1 unspecified atom stereocenters. The molecule has 0 bridgehead atoms. The molecule has 1 aromatic rings. The number of aryl methyl sites for hydroxylation is 1. The number of nitrogens with one attached hydrogen (secondary N) is 2. The first-order chi connectivity index (χ1) is 7.75. The topological polar surface area (TPSA) is 41.1 Å². The Morgan fingerprint density at radius 3 is 3.19 bits per heavy atom. The molecule has 3 nitrogen and oxygen atoms in total. The van der Waals surface area contributed by atoms with Crippen molar-refractivity contribution in [2.24, 2.45) is 5.92 Å². The average molecular weight is 238 g/mol. The van der Waals surface area contributed by atoms with Gasteiger partial charge < -0.3 is 10.6 Å². The summed E-state index contributed by atoms with van der Waals surface area (Å²) in [5, 5.41) is 8.36. The van der Waals surface area contributed by atoms with Gasteiger partial charge in [-0.2, -0.15) is 0 Å². The van der Waals surface area contributed by atoms with Crippen LogP contribution in [-0.2, 0) is 11.2 Å². The average Bonchev–Trinajstić information content (AvgIpc) is 2.88. The van der Waals surface area contributed by atoms with Gasteiger partial charge in [0.25, 0.3) is 0 Å². The van der Waals surface area contributed by atoms with Crippen LogP contribution in [0.15, 0.2) is 11.4 Å². The molecule has 1 fully saturated rings. The molecule has 0 saturated carbocycles. The van der Waals surface area contributed by atoms with Crippen LogP contribution in [0.3, 0.4) is 0 Å². The number of carbonyl (C=O) groups excluding carboxylic acids is 1. The minimum absolute atomic E-state index is 0.150. The molecule has 88 valence electrons. The van der Waals surface area contributed by atoms with Gasteiger partial charge in [-0.3, -0.25) is 4.79 Å². The summed E-state index contributed by atoms with van der Waals surface area (Å²) in [6, 6.07) is 2.06. The monoisotopic (exact) mass is 238 g/mol. The highest BCUT2D eigenvalue weighted by Gasteiger charge is 2.15. The smallest absolute Gasteiger partial charge is 0.225 e. The summed E-state index contributed by atoms with van der Waals surface area (Å²) >= 11 is 1.66. The molecule has 4 heteroatoms. The maximum atomic E-state index is 11.7. The van der Waals surface area contributed by atoms with Crippen molar-refractivity contribution in [1.82, 2.24) is 10.6 Å². The molecule has 2 N–H and O–H groups in total. The lowest BCUT2D eigenvalue weighted by atomic mass is 10.1. The molecule has 0 spiro atoms. The van der Waals surface area contributed by atoms with E-state index in [0.717, 1.165) is 19.6 Å². The number of hydrogen-bond donors (Lipinski definition) is 2. The first-order valence-corrected chi connectivity index (χ1v) is 6.64. The van der Waals surface area contributed by atoms with Gasteiger partial charge in [0.2, 0.25) is 5.91 Å². The zero-order valence-corrected chi connectivity index (χ0v) is 10.4. The molecule has 1 atom stereocenters. The summed E-state index contributed by atoms with van der Waals surface area (Å²) in [6.07, 6.45) is 1.71. The van der Waals surface area contributed by atoms with Gasteiger partial charge in [-0.1, -0.05) is 0 Å². The van der Waals surface area contributed by atoms with Crippen LogP contribution in [0.1, 0.15) is 16.9 Å². The van der Waals surface area contributed by atoms with Crippen LogP contribution >= 0.6 is 11.3 Å². The van der Waals surface area contributed by atoms with Gasteiger partial charge in [0.15, 0.2) is 0 Å². The fourth-order valence-corrected chi connectivity index (χ4v) is 2.85. The second-order valence-corrected chi connectivity index (χ2v) is 5.37. The Balaban J connectivity index is 1.74. The lowest BCUT2D eigenvalue weighted by molar-refractivity contribution is -0.120. The van der Waals surface area contributed by atoms with Crippen molar-refractivity contribution in [3.05, 3.63) is 21.9 Å². The normalized spacial score (nSPS) is 19.9. The van der Waals surface area contributed by atoms with Crippen LogP contribution in [0.4, 0.5) is 0 Å². The third-order valence-electron chi connectivity index (χ3n) is 3.04. The summed E-state index contributed by atoms with van der Waals surface area (Å²) < 4.78 is 0. The van der Waals surface area contributed by atoms with E-state index in [9.17, 15) is 4.79 Å². The predicted octanol–water partition coefficient (Wildman–Crippen LogP) is 1.32. The molecule has 0 radical (unpaired) electrons. The highest BCUT2D eigenvalue weighted by atomic mass is 32.1. The maximum absolute atomic E-state index is 11.7. The van der Waals surface area contributed by atoms with Crippen molar-refractivity contribution in [1.29, 1.82) is 0 Å². The van der Waals surface area contributed by atoms with Gasteiger partial charge in [-0.05, 0) is 49.4 Å². The predicted molar refractivity (Wildman–Crippen MR) is 66.7 cm³/mol. The van der Waals surface area contributed by atoms with Crippen molar-refractivity contribution >= 4 is 17.2 Å². The first kappa shape index (κ1) is 11.6. The number of hydrogen-bond acceptors (Lipinski definition) is 3. The highest BCUT2D eigenvalue weighted by molar-refractivity contribution is 7.10. The van der Waals surface area contributed by atoms with Crippen LogP contribution in [0.2, 0.25) is 0 Å². The summed E-state index contributed by atoms with van der Waals surface area (Å²) in [5.41, 5.74) is 1.22. The first-order valence-electron chi connectivity index (χ1n) is 5.76. The molecule has 16 heavy (non-hydrogen) atoms. The maximum Gasteiger partial charge on any atom is 0.225 e. The third-order valence-corrected chi connectivity index (χ3v) is 4.06. The Morgan fingerprint density at radius 2 is 2.56 bits per heavy atom. The fraction of sp³-hybridized carbons (Fsp3) is 0.583. The molecule has 2 rings (SSSR count). The van der Waals surface area contributed by atoms with E-state index in [2.05, 4.69) is 23.6 Å². The van der Waals surface area contributed by atoms with Crippen LogP contribution in [0.5, 0.6) is 0 Å². The zero-order valence-electron chi connectivity index (χ0n) is 9.58. The minimum atomic E-state index is 0.150. The van der Waals surface area contributed by atoms with Gasteiger partial charge in [0.1, 0.15) is 0 Å². The van der Waals surface area contributed by atoms with Crippen molar-refractivity contribution in [2.45, 2.75) is 19.8 Å². The van der Waals surface area contributed by atoms with Gasteiger partial charge >= 0.3 is 0 Å². The molecule has 1 amide bonds. The number of carbonyl (C=O) groups is 1. The van der Waals surface area contributed by atoms with E-state index in [1.807, 2.05) is 5.38 Å². The van der Waals surface area contributed by atoms with Crippen molar-refractivity contribution in [3.63, 3.8) is 0 Å². The van der Waals surface area contributed by atoms with Gasteiger partial charge in [0.05, 0.1) is 6.42 Å². The number of thiophene rings is 1. The minimum Gasteiger partial charge on any atom is -0.355 e. The van der Waals surface area contributed by atoms with E-state index in [4.69, 9.17) is 0 Å². The molecule has 1 saturated heterocycles. The standard InChI is InChI=1S/C12H18N2OS/c1-9-3-5-16-11(9)6-12(15)14-8-10-2-4-13-7-10/h3,5,10,13H,2,4,6-8H2,1H3,(H,14,15). The largest absolute Gasteiger partial charge is 0.355 e. The molecule has 0 aromatic carbocycles. The quantitative estimate of drug-likeness (QED) is 0.831. The summed E-state index contributed by atoms with van der Waals surface area (Å²) in [5.74, 6) is 0.769. The Morgan fingerprint density at radius 1 is 1.69 bits per heavy atom. The lowest BCUT2D eigenvalue weighted by Crippen LogP contribution is -2.31. The number of amides is 1. The lowest BCUT2D eigenvalue weighted by Gasteiger charge is -2.09. The van der Waals surface area contributed by atoms with Crippen LogP contribution in [0.25, 0.3) is 0 Å². The molecule has 1 aliphatic rings. The number of rotatable bonds is 4. The fourth-order valence-electron chi connectivity index (χ4n) is 1.94. The van der Waals surface area contributed by atoms with Crippen LogP contribution in [0, 0.1) is 12.8 Å². The van der Waals surface area contributed by atoms with Crippen molar-refractivity contribution in [2.75, 3.05) is 19.6 Å². The second-order valence-electron chi connectivity index (χ2n) is 4.37. The van der Waals surface area contributed by atoms with E-state index in [1.54, 1.807) is 11.3 Å². The van der Waals surface area contributed by atoms with E-state index in [-0.39, 0.29) is 5.91 Å². The molecular weight excluding hydrogens is 220 g/mol. The van der Waals surface area contributed by atoms with E-state index in [1.165, 1.54) is 16.9 Å². The molecule has 0 aliphatic carbocycles. The Kier molecular flexibility index (Phi) is 3.96. The summed E-state index contributed by atoms with van der Waals surface area (Å²) in [4.78, 5) is 12.9. The summed E-state index contributed by atoms with van der Waals surface area (Å²) in [7, 11) is 0. The van der Waals surface area contributed by atoms with E-state index >= 15 is 0 Å². The highest BCUT2D eigenvalue weighted by Crippen LogP contribution is 2.16. The molecule has 1 aromatic heterocycles. The third kappa shape index (κ3) is 3.06. The van der Waals surface area contributed by atoms with Gasteiger partial charge in [-0.15, -0.1) is 11.3 Å². The van der Waals surface area contributed by atoms with Crippen LogP contribution in [-0.4, -0.2) is 25.5 Å². The van der Waals surface area contributed by atoms with Crippen LogP contribution < -0.4 is 10.6 Å². The van der Waals surface area contributed by atoms with Gasteiger partial charge in [0, 0.05) is 11.4 Å². The Labute approximate surface area is 100 Å². The second kappa shape index (κ2) is 5.46. The zero-order chi connectivity index (χ0) is 11.4. The molecule has 1 aliphatic heterocycles. The summed E-state index contributed by atoms with van der Waals surface area (Å²) in [6.45, 7) is 5.00. The van der Waals surface area contributed by atoms with E-state index in [0.29, 0.717) is 12.3 Å². The van der Waals surface area contributed by atoms with Crippen molar-refractivity contribution < 1.29 is 4.79 Å². The van der Waals surface area contributed by atoms with Crippen molar-refractivity contribution in [3.8, 4) is 0 Å². The molecule has 2 heterocycles. The van der Waals surface area contributed by atoms with Gasteiger partial charge in [-0.25, -0.2) is 0 Å². The Hall–Kier alpha value is -0.870.